The van der Waals surface area contributed by atoms with Gasteiger partial charge in [-0.2, -0.15) is 0 Å². The number of carbonyl (C=O) groups is 1. The first kappa shape index (κ1) is 17.6. The Kier molecular flexibility index (Phi) is 4.13. The van der Waals surface area contributed by atoms with Crippen LogP contribution >= 0.6 is 0 Å². The monoisotopic (exact) mass is 382 g/mol. The average molecular weight is 382 g/mol. The van der Waals surface area contributed by atoms with E-state index in [4.69, 9.17) is 4.74 Å². The van der Waals surface area contributed by atoms with Gasteiger partial charge in [0.15, 0.2) is 0 Å². The van der Waals surface area contributed by atoms with E-state index in [1.54, 1.807) is 7.11 Å². The van der Waals surface area contributed by atoms with Gasteiger partial charge in [-0.05, 0) is 42.3 Å². The topological polar surface area (TPSA) is 45.3 Å². The van der Waals surface area contributed by atoms with E-state index in [2.05, 4.69) is 36.2 Å². The van der Waals surface area contributed by atoms with Gasteiger partial charge < -0.3 is 14.6 Å². The van der Waals surface area contributed by atoms with Gasteiger partial charge in [0.1, 0.15) is 5.75 Å². The van der Waals surface area contributed by atoms with Crippen LogP contribution in [0.3, 0.4) is 0 Å². The van der Waals surface area contributed by atoms with Crippen molar-refractivity contribution in [3.63, 3.8) is 0 Å². The molecule has 0 saturated heterocycles. The lowest BCUT2D eigenvalue weighted by atomic mass is 9.95. The second-order valence-electron chi connectivity index (χ2n) is 7.48. The summed E-state index contributed by atoms with van der Waals surface area (Å²) in [6, 6.07) is 24.1. The normalized spacial score (nSPS) is 15.7. The van der Waals surface area contributed by atoms with E-state index >= 15 is 0 Å². The van der Waals surface area contributed by atoms with Crippen molar-refractivity contribution in [1.29, 1.82) is 0 Å². The third kappa shape index (κ3) is 2.80. The summed E-state index contributed by atoms with van der Waals surface area (Å²) in [6.07, 6.45) is 0. The van der Waals surface area contributed by atoms with Crippen LogP contribution in [0.5, 0.6) is 5.75 Å². The summed E-state index contributed by atoms with van der Waals surface area (Å²) in [5, 5.41) is 1.17. The Morgan fingerprint density at radius 1 is 0.966 bits per heavy atom. The average Bonchev–Trinajstić information content (AvgIpc) is 3.22. The van der Waals surface area contributed by atoms with Gasteiger partial charge in [-0.15, -0.1) is 0 Å². The highest BCUT2D eigenvalue weighted by atomic mass is 16.5. The second kappa shape index (κ2) is 6.82. The predicted octanol–water partition coefficient (Wildman–Crippen LogP) is 5.23. The van der Waals surface area contributed by atoms with Crippen molar-refractivity contribution in [3.05, 3.63) is 101 Å². The van der Waals surface area contributed by atoms with Crippen LogP contribution in [0.1, 0.15) is 38.8 Å². The molecule has 1 aliphatic heterocycles. The van der Waals surface area contributed by atoms with Crippen LogP contribution in [-0.4, -0.2) is 22.9 Å². The van der Waals surface area contributed by atoms with Crippen LogP contribution in [0.15, 0.2) is 72.8 Å². The van der Waals surface area contributed by atoms with E-state index in [1.807, 2.05) is 53.4 Å². The maximum Gasteiger partial charge on any atom is 0.255 e. The van der Waals surface area contributed by atoms with Crippen LogP contribution in [0.2, 0.25) is 0 Å². The van der Waals surface area contributed by atoms with Gasteiger partial charge in [0.05, 0.1) is 13.2 Å². The van der Waals surface area contributed by atoms with E-state index in [1.165, 1.54) is 10.9 Å². The highest BCUT2D eigenvalue weighted by Crippen LogP contribution is 2.43. The fraction of sp³-hybridized carbons (Fsp3) is 0.160. The van der Waals surface area contributed by atoms with E-state index in [9.17, 15) is 4.79 Å². The zero-order valence-electron chi connectivity index (χ0n) is 16.5. The smallest absolute Gasteiger partial charge is 0.255 e. The molecule has 1 aliphatic rings. The molecule has 4 heteroatoms. The van der Waals surface area contributed by atoms with Crippen LogP contribution in [0, 0.1) is 6.92 Å². The first-order valence-corrected chi connectivity index (χ1v) is 9.77. The summed E-state index contributed by atoms with van der Waals surface area (Å²) in [4.78, 5) is 18.8. The first-order chi connectivity index (χ1) is 14.2. The maximum atomic E-state index is 13.4. The van der Waals surface area contributed by atoms with Crippen molar-refractivity contribution in [1.82, 2.24) is 9.88 Å². The van der Waals surface area contributed by atoms with Crippen LogP contribution in [-0.2, 0) is 6.54 Å². The molecule has 1 amide bonds. The molecule has 0 saturated carbocycles. The highest BCUT2D eigenvalue weighted by molar-refractivity contribution is 6.01. The Hall–Kier alpha value is -3.53. The fourth-order valence-corrected chi connectivity index (χ4v) is 4.42. The number of hydrogen-bond acceptors (Lipinski definition) is 2. The van der Waals surface area contributed by atoms with Crippen LogP contribution in [0.25, 0.3) is 10.9 Å². The molecular weight excluding hydrogens is 360 g/mol. The number of methoxy groups -OCH3 is 1. The SMILES string of the molecule is COc1ccc(CN2C(=O)c3ccccc3C2c2c(C)[nH]c3ccccc23)cc1. The molecule has 1 aromatic heterocycles. The molecular formula is C25H22N2O2. The van der Waals surface area contributed by atoms with E-state index in [-0.39, 0.29) is 11.9 Å². The van der Waals surface area contributed by atoms with Gasteiger partial charge in [-0.3, -0.25) is 4.79 Å². The Morgan fingerprint density at radius 3 is 2.48 bits per heavy atom. The quantitative estimate of drug-likeness (QED) is 0.525. The first-order valence-electron chi connectivity index (χ1n) is 9.77. The number of rotatable bonds is 4. The maximum absolute atomic E-state index is 13.4. The molecule has 29 heavy (non-hydrogen) atoms. The number of hydrogen-bond donors (Lipinski definition) is 1. The molecule has 4 nitrogen and oxygen atoms in total. The number of nitrogens with zero attached hydrogens (tertiary/aromatic N) is 1. The molecule has 1 atom stereocenters. The number of aromatic nitrogens is 1. The molecule has 4 aromatic rings. The van der Waals surface area contributed by atoms with E-state index in [0.717, 1.165) is 33.7 Å². The van der Waals surface area contributed by atoms with Gasteiger partial charge in [0.2, 0.25) is 0 Å². The zero-order chi connectivity index (χ0) is 20.0. The van der Waals surface area contributed by atoms with Crippen molar-refractivity contribution in [2.45, 2.75) is 19.5 Å². The van der Waals surface area contributed by atoms with Crippen molar-refractivity contribution in [2.75, 3.05) is 7.11 Å². The molecule has 0 fully saturated rings. The van der Waals surface area contributed by atoms with Gasteiger partial charge >= 0.3 is 0 Å². The molecule has 0 radical (unpaired) electrons. The fourth-order valence-electron chi connectivity index (χ4n) is 4.42. The molecule has 0 bridgehead atoms. The van der Waals surface area contributed by atoms with Crippen molar-refractivity contribution in [2.24, 2.45) is 0 Å². The Balaban J connectivity index is 1.64. The van der Waals surface area contributed by atoms with Crippen molar-refractivity contribution in [3.8, 4) is 5.75 Å². The number of fused-ring (bicyclic) bond motifs is 2. The molecule has 5 rings (SSSR count). The number of nitrogens with one attached hydrogen (secondary N) is 1. The number of H-pyrrole nitrogens is 1. The summed E-state index contributed by atoms with van der Waals surface area (Å²) in [5.74, 6) is 0.889. The lowest BCUT2D eigenvalue weighted by molar-refractivity contribution is 0.0736. The van der Waals surface area contributed by atoms with Crippen molar-refractivity contribution >= 4 is 16.8 Å². The lowest BCUT2D eigenvalue weighted by Crippen LogP contribution is -2.28. The largest absolute Gasteiger partial charge is 0.497 e. The Bertz CT molecular complexity index is 1210. The third-order valence-corrected chi connectivity index (χ3v) is 5.79. The number of ether oxygens (including phenoxy) is 1. The van der Waals surface area contributed by atoms with E-state index < -0.39 is 0 Å². The minimum atomic E-state index is -0.114. The summed E-state index contributed by atoms with van der Waals surface area (Å²) < 4.78 is 5.27. The second-order valence-corrected chi connectivity index (χ2v) is 7.48. The minimum Gasteiger partial charge on any atom is -0.497 e. The number of benzene rings is 3. The Labute approximate surface area is 169 Å². The summed E-state index contributed by atoms with van der Waals surface area (Å²) in [6.45, 7) is 2.63. The highest BCUT2D eigenvalue weighted by Gasteiger charge is 2.39. The molecule has 144 valence electrons. The zero-order valence-corrected chi connectivity index (χ0v) is 16.5. The molecule has 2 heterocycles. The predicted molar refractivity (Wildman–Crippen MR) is 114 cm³/mol. The van der Waals surface area contributed by atoms with E-state index in [0.29, 0.717) is 6.54 Å². The molecule has 0 spiro atoms. The number of aromatic amines is 1. The number of amides is 1. The number of aryl methyl sites for hydroxylation is 1. The molecule has 3 aromatic carbocycles. The Morgan fingerprint density at radius 2 is 1.69 bits per heavy atom. The standard InChI is InChI=1S/C25H22N2O2/c1-16-23(21-9-5-6-10-22(21)26-16)24-19-7-3-4-8-20(19)25(28)27(24)15-17-11-13-18(29-2)14-12-17/h3-14,24,26H,15H2,1-2H3. The van der Waals surface area contributed by atoms with Crippen LogP contribution in [0.4, 0.5) is 0 Å². The minimum absolute atomic E-state index is 0.0751. The van der Waals surface area contributed by atoms with Gasteiger partial charge in [-0.25, -0.2) is 0 Å². The molecule has 1 N–H and O–H groups in total. The summed E-state index contributed by atoms with van der Waals surface area (Å²) in [7, 11) is 1.66. The number of para-hydroxylation sites is 1. The number of carbonyl (C=O) groups excluding carboxylic acids is 1. The summed E-state index contributed by atoms with van der Waals surface area (Å²) in [5.41, 5.74) is 6.30. The lowest BCUT2D eigenvalue weighted by Gasteiger charge is -2.26. The van der Waals surface area contributed by atoms with Gasteiger partial charge in [0.25, 0.3) is 5.91 Å². The molecule has 0 aliphatic carbocycles. The van der Waals surface area contributed by atoms with Gasteiger partial charge in [-0.1, -0.05) is 48.5 Å². The molecule has 1 unspecified atom stereocenters. The van der Waals surface area contributed by atoms with Crippen LogP contribution < -0.4 is 4.74 Å². The van der Waals surface area contributed by atoms with Crippen molar-refractivity contribution < 1.29 is 9.53 Å². The third-order valence-electron chi connectivity index (χ3n) is 5.79. The van der Waals surface area contributed by atoms with Gasteiger partial charge in [0, 0.05) is 34.3 Å². The summed E-state index contributed by atoms with van der Waals surface area (Å²) >= 11 is 0.